The van der Waals surface area contributed by atoms with Crippen LogP contribution in [0.5, 0.6) is 5.75 Å². The fraction of sp³-hybridized carbons (Fsp3) is 0.278. The number of rotatable bonds is 3. The van der Waals surface area contributed by atoms with E-state index in [1.165, 1.54) is 11.0 Å². The maximum atomic E-state index is 14.6. The molecule has 0 spiro atoms. The Kier molecular flexibility index (Phi) is 4.50. The number of halogens is 1. The molecule has 0 atom stereocenters. The normalized spacial score (nSPS) is 16.9. The number of hydrogen-bond acceptors (Lipinski definition) is 5. The number of nitrogens with zero attached hydrogens (tertiary/aromatic N) is 2. The number of hydrogen-bond donors (Lipinski definition) is 0. The fourth-order valence-corrected chi connectivity index (χ4v) is 2.68. The molecule has 0 unspecified atom stereocenters. The smallest absolute Gasteiger partial charge is 0.427 e. The molecule has 0 bridgehead atoms. The molecule has 0 radical (unpaired) electrons. The van der Waals surface area contributed by atoms with Gasteiger partial charge in [0.1, 0.15) is 5.75 Å². The lowest BCUT2D eigenvalue weighted by atomic mass is 10.1. The summed E-state index contributed by atoms with van der Waals surface area (Å²) in [5.74, 6) is -1.86. The van der Waals surface area contributed by atoms with Crippen LogP contribution in [0.25, 0.3) is 0 Å². The molecular weight excluding hydrogens is 343 g/mol. The molecule has 1 aromatic rings. The minimum absolute atomic E-state index is 0.134. The Morgan fingerprint density at radius 2 is 1.96 bits per heavy atom. The minimum atomic E-state index is -0.992. The Morgan fingerprint density at radius 3 is 2.58 bits per heavy atom. The van der Waals surface area contributed by atoms with Gasteiger partial charge in [-0.3, -0.25) is 9.59 Å². The van der Waals surface area contributed by atoms with Gasteiger partial charge in [-0.15, -0.1) is 0 Å². The summed E-state index contributed by atoms with van der Waals surface area (Å²) in [6.45, 7) is 5.07. The van der Waals surface area contributed by atoms with Crippen molar-refractivity contribution in [3.05, 3.63) is 41.4 Å². The molecule has 1 saturated heterocycles. The summed E-state index contributed by atoms with van der Waals surface area (Å²) in [7, 11) is 0. The highest BCUT2D eigenvalue weighted by molar-refractivity contribution is 6.24. The third-order valence-corrected chi connectivity index (χ3v) is 3.96. The van der Waals surface area contributed by atoms with Crippen molar-refractivity contribution in [2.45, 2.75) is 20.8 Å². The minimum Gasteiger partial charge on any atom is -0.481 e. The SMILES string of the molecule is CC=CCN1C(=O)COc2cc(F)c(N3C(=O)OC(=C(C)C)C3=O)cc21. The lowest BCUT2D eigenvalue weighted by Gasteiger charge is -2.29. The van der Waals surface area contributed by atoms with Crippen LogP contribution in [0.1, 0.15) is 20.8 Å². The number of ether oxygens (including phenoxy) is 2. The van der Waals surface area contributed by atoms with Crippen molar-refractivity contribution in [2.24, 2.45) is 0 Å². The Hall–Kier alpha value is -3.16. The Bertz CT molecular complexity index is 871. The maximum absolute atomic E-state index is 14.6. The monoisotopic (exact) mass is 360 g/mol. The van der Waals surface area contributed by atoms with Crippen LogP contribution < -0.4 is 14.5 Å². The average molecular weight is 360 g/mol. The molecule has 0 aliphatic carbocycles. The first kappa shape index (κ1) is 17.7. The maximum Gasteiger partial charge on any atom is 0.427 e. The third-order valence-electron chi connectivity index (χ3n) is 3.96. The first-order chi connectivity index (χ1) is 12.3. The highest BCUT2D eigenvalue weighted by Crippen LogP contribution is 2.39. The molecule has 7 nitrogen and oxygen atoms in total. The van der Waals surface area contributed by atoms with Gasteiger partial charge in [-0.05, 0) is 32.4 Å². The van der Waals surface area contributed by atoms with E-state index in [9.17, 15) is 18.8 Å². The number of carbonyl (C=O) groups is 3. The van der Waals surface area contributed by atoms with Gasteiger partial charge in [0, 0.05) is 12.6 Å². The van der Waals surface area contributed by atoms with Crippen molar-refractivity contribution in [2.75, 3.05) is 23.0 Å². The van der Waals surface area contributed by atoms with Crippen LogP contribution in [0.3, 0.4) is 0 Å². The molecule has 0 saturated carbocycles. The third kappa shape index (κ3) is 2.83. The standard InChI is InChI=1S/C18H17FN2O5/c1-4-5-6-20-13-8-12(11(19)7-14(13)25-9-15(20)22)21-17(23)16(10(2)3)26-18(21)24/h4-5,7-8H,6,9H2,1-3H3. The molecule has 3 rings (SSSR count). The molecule has 2 heterocycles. The Labute approximate surface area is 149 Å². The van der Waals surface area contributed by atoms with Gasteiger partial charge in [0.15, 0.2) is 18.2 Å². The highest BCUT2D eigenvalue weighted by atomic mass is 19.1. The van der Waals surface area contributed by atoms with Crippen molar-refractivity contribution < 1.29 is 28.2 Å². The summed E-state index contributed by atoms with van der Waals surface area (Å²) in [5.41, 5.74) is 0.484. The van der Waals surface area contributed by atoms with Crippen LogP contribution in [0.15, 0.2) is 35.6 Å². The second kappa shape index (κ2) is 6.62. The van der Waals surface area contributed by atoms with Gasteiger partial charge >= 0.3 is 12.0 Å². The number of carbonyl (C=O) groups excluding carboxylic acids is 3. The first-order valence-electron chi connectivity index (χ1n) is 7.96. The molecule has 3 amide bonds. The molecule has 2 aliphatic rings. The van der Waals surface area contributed by atoms with Crippen molar-refractivity contribution in [3.8, 4) is 5.75 Å². The summed E-state index contributed by atoms with van der Waals surface area (Å²) < 4.78 is 24.8. The van der Waals surface area contributed by atoms with E-state index in [-0.39, 0.29) is 41.9 Å². The van der Waals surface area contributed by atoms with E-state index >= 15 is 0 Å². The van der Waals surface area contributed by atoms with Gasteiger partial charge in [-0.2, -0.15) is 0 Å². The summed E-state index contributed by atoms with van der Waals surface area (Å²) >= 11 is 0. The van der Waals surface area contributed by atoms with Gasteiger partial charge in [-0.1, -0.05) is 12.2 Å². The van der Waals surface area contributed by atoms with Gasteiger partial charge in [0.2, 0.25) is 0 Å². The quantitative estimate of drug-likeness (QED) is 0.612. The second-order valence-corrected chi connectivity index (χ2v) is 5.97. The van der Waals surface area contributed by atoms with Crippen LogP contribution in [-0.2, 0) is 14.3 Å². The zero-order chi connectivity index (χ0) is 19.0. The Morgan fingerprint density at radius 1 is 1.23 bits per heavy atom. The predicted molar refractivity (Wildman–Crippen MR) is 91.4 cm³/mol. The number of amides is 3. The number of anilines is 2. The zero-order valence-electron chi connectivity index (χ0n) is 14.5. The van der Waals surface area contributed by atoms with Gasteiger partial charge in [-0.25, -0.2) is 14.1 Å². The molecule has 136 valence electrons. The lowest BCUT2D eigenvalue weighted by Crippen LogP contribution is -2.39. The summed E-state index contributed by atoms with van der Waals surface area (Å²) in [6.07, 6.45) is 2.54. The van der Waals surface area contributed by atoms with E-state index in [1.54, 1.807) is 26.0 Å². The number of allylic oxidation sites excluding steroid dienone is 2. The summed E-state index contributed by atoms with van der Waals surface area (Å²) in [6, 6.07) is 2.30. The summed E-state index contributed by atoms with van der Waals surface area (Å²) in [5, 5.41) is 0. The van der Waals surface area contributed by atoms with Crippen molar-refractivity contribution >= 4 is 29.3 Å². The van der Waals surface area contributed by atoms with Gasteiger partial charge in [0.05, 0.1) is 11.4 Å². The van der Waals surface area contributed by atoms with Crippen LogP contribution in [0, 0.1) is 5.82 Å². The largest absolute Gasteiger partial charge is 0.481 e. The van der Waals surface area contributed by atoms with Crippen LogP contribution in [0.4, 0.5) is 20.6 Å². The molecule has 0 N–H and O–H groups in total. The van der Waals surface area contributed by atoms with Gasteiger partial charge < -0.3 is 14.4 Å². The van der Waals surface area contributed by atoms with E-state index in [0.717, 1.165) is 6.07 Å². The van der Waals surface area contributed by atoms with E-state index in [1.807, 2.05) is 6.92 Å². The first-order valence-corrected chi connectivity index (χ1v) is 7.96. The predicted octanol–water partition coefficient (Wildman–Crippen LogP) is 2.90. The Balaban J connectivity index is 2.09. The highest BCUT2D eigenvalue weighted by Gasteiger charge is 2.41. The van der Waals surface area contributed by atoms with E-state index in [4.69, 9.17) is 9.47 Å². The van der Waals surface area contributed by atoms with Crippen LogP contribution >= 0.6 is 0 Å². The van der Waals surface area contributed by atoms with Crippen LogP contribution in [-0.4, -0.2) is 31.1 Å². The summed E-state index contributed by atoms with van der Waals surface area (Å²) in [4.78, 5) is 38.7. The molecule has 2 aliphatic heterocycles. The van der Waals surface area contributed by atoms with E-state index in [2.05, 4.69) is 0 Å². The molecule has 0 aromatic heterocycles. The molecule has 1 aromatic carbocycles. The second-order valence-electron chi connectivity index (χ2n) is 5.97. The fourth-order valence-electron chi connectivity index (χ4n) is 2.68. The number of imide groups is 1. The molecule has 26 heavy (non-hydrogen) atoms. The molecule has 1 fully saturated rings. The van der Waals surface area contributed by atoms with E-state index < -0.39 is 17.8 Å². The topological polar surface area (TPSA) is 76.2 Å². The number of fused-ring (bicyclic) bond motifs is 1. The zero-order valence-corrected chi connectivity index (χ0v) is 14.5. The van der Waals surface area contributed by atoms with Gasteiger partial charge in [0.25, 0.3) is 5.91 Å². The van der Waals surface area contributed by atoms with Crippen molar-refractivity contribution in [1.29, 1.82) is 0 Å². The van der Waals surface area contributed by atoms with E-state index in [0.29, 0.717) is 10.5 Å². The lowest BCUT2D eigenvalue weighted by molar-refractivity contribution is -0.121. The average Bonchev–Trinajstić information content (AvgIpc) is 2.89. The van der Waals surface area contributed by atoms with Crippen molar-refractivity contribution in [3.63, 3.8) is 0 Å². The molecule has 8 heteroatoms. The van der Waals surface area contributed by atoms with Crippen molar-refractivity contribution in [1.82, 2.24) is 0 Å². The number of cyclic esters (lactones) is 1. The number of benzene rings is 1. The van der Waals surface area contributed by atoms with Crippen LogP contribution in [0.2, 0.25) is 0 Å². The molecular formula is C18H17FN2O5.